The van der Waals surface area contributed by atoms with Crippen molar-refractivity contribution in [3.63, 3.8) is 0 Å². The Balaban J connectivity index is 2.05. The van der Waals surface area contributed by atoms with Gasteiger partial charge in [-0.2, -0.15) is 5.10 Å². The van der Waals surface area contributed by atoms with E-state index in [4.69, 9.17) is 10.5 Å². The second-order valence-electron chi connectivity index (χ2n) is 6.10. The van der Waals surface area contributed by atoms with Crippen molar-refractivity contribution in [2.75, 3.05) is 25.7 Å². The molecule has 0 aliphatic carbocycles. The molecular weight excluding hydrogens is 297 g/mol. The lowest BCUT2D eigenvalue weighted by atomic mass is 10.1. The molecule has 0 amide bonds. The summed E-state index contributed by atoms with van der Waals surface area (Å²) in [6.07, 6.45) is 4.90. The molecule has 0 bridgehead atoms. The van der Waals surface area contributed by atoms with E-state index in [1.54, 1.807) is 19.5 Å². The third-order valence-corrected chi connectivity index (χ3v) is 5.56. The van der Waals surface area contributed by atoms with Crippen molar-refractivity contribution in [1.29, 1.82) is 0 Å². The number of nitrogen functional groups attached to an aromatic ring is 1. The third kappa shape index (κ3) is 2.96. The van der Waals surface area contributed by atoms with Crippen LogP contribution in [0.2, 0.25) is 0 Å². The zero-order chi connectivity index (χ0) is 15.7. The zero-order valence-corrected chi connectivity index (χ0v) is 13.9. The summed E-state index contributed by atoms with van der Waals surface area (Å²) in [6, 6.07) is 7.52. The first kappa shape index (κ1) is 15.3. The van der Waals surface area contributed by atoms with Gasteiger partial charge in [-0.15, -0.1) is 0 Å². The fourth-order valence-corrected chi connectivity index (χ4v) is 3.65. The highest BCUT2D eigenvalue weighted by molar-refractivity contribution is 7.70. The van der Waals surface area contributed by atoms with Crippen molar-refractivity contribution in [2.24, 2.45) is 0 Å². The Kier molecular flexibility index (Phi) is 4.11. The van der Waals surface area contributed by atoms with Gasteiger partial charge >= 0.3 is 0 Å². The van der Waals surface area contributed by atoms with E-state index in [1.165, 1.54) is 0 Å². The second kappa shape index (κ2) is 5.90. The summed E-state index contributed by atoms with van der Waals surface area (Å²) in [5.74, 6) is 0. The molecule has 118 valence electrons. The molecule has 1 unspecified atom stereocenters. The van der Waals surface area contributed by atoms with E-state index in [-0.39, 0.29) is 6.23 Å². The SMILES string of the molecule is CP(C)(=O)c1ccc(N)c(-c2ccnn2C2CCCCO2)c1. The first-order chi connectivity index (χ1) is 10.5. The minimum atomic E-state index is -2.33. The van der Waals surface area contributed by atoms with Crippen LogP contribution in [0.3, 0.4) is 0 Å². The number of anilines is 1. The molecule has 2 heterocycles. The smallest absolute Gasteiger partial charge is 0.150 e. The van der Waals surface area contributed by atoms with Crippen molar-refractivity contribution in [3.05, 3.63) is 30.5 Å². The molecule has 1 aromatic heterocycles. The van der Waals surface area contributed by atoms with Crippen LogP contribution >= 0.6 is 7.14 Å². The maximum absolute atomic E-state index is 12.3. The van der Waals surface area contributed by atoms with E-state index in [9.17, 15) is 4.57 Å². The number of benzene rings is 1. The molecule has 1 aliphatic heterocycles. The van der Waals surface area contributed by atoms with Gasteiger partial charge in [-0.25, -0.2) is 4.68 Å². The van der Waals surface area contributed by atoms with Gasteiger partial charge in [0.05, 0.1) is 5.69 Å². The first-order valence-corrected chi connectivity index (χ1v) is 10.2. The van der Waals surface area contributed by atoms with Gasteiger partial charge in [-0.1, -0.05) is 0 Å². The minimum absolute atomic E-state index is 0.0446. The van der Waals surface area contributed by atoms with Crippen LogP contribution in [0.25, 0.3) is 11.3 Å². The van der Waals surface area contributed by atoms with Crippen molar-refractivity contribution >= 4 is 18.1 Å². The van der Waals surface area contributed by atoms with E-state index in [1.807, 2.05) is 28.9 Å². The molecule has 2 aromatic rings. The van der Waals surface area contributed by atoms with Crippen molar-refractivity contribution in [1.82, 2.24) is 9.78 Å². The van der Waals surface area contributed by atoms with Crippen LogP contribution in [0.4, 0.5) is 5.69 Å². The Hall–Kier alpha value is -1.58. The number of ether oxygens (including phenoxy) is 1. The third-order valence-electron chi connectivity index (χ3n) is 4.03. The molecule has 2 N–H and O–H groups in total. The summed E-state index contributed by atoms with van der Waals surface area (Å²) < 4.78 is 20.1. The first-order valence-electron chi connectivity index (χ1n) is 7.57. The van der Waals surface area contributed by atoms with Gasteiger partial charge < -0.3 is 15.0 Å². The van der Waals surface area contributed by atoms with Crippen LogP contribution in [-0.4, -0.2) is 29.7 Å². The van der Waals surface area contributed by atoms with Crippen LogP contribution in [0, 0.1) is 0 Å². The lowest BCUT2D eigenvalue weighted by molar-refractivity contribution is -0.0383. The molecule has 6 heteroatoms. The molecule has 5 nitrogen and oxygen atoms in total. The Labute approximate surface area is 130 Å². The highest BCUT2D eigenvalue weighted by atomic mass is 31.2. The van der Waals surface area contributed by atoms with E-state index in [2.05, 4.69) is 5.10 Å². The number of hydrogen-bond donors (Lipinski definition) is 1. The molecule has 0 saturated carbocycles. The predicted octanol–water partition coefficient (Wildman–Crippen LogP) is 3.08. The van der Waals surface area contributed by atoms with Gasteiger partial charge in [0.15, 0.2) is 6.23 Å². The molecule has 1 atom stereocenters. The van der Waals surface area contributed by atoms with E-state index >= 15 is 0 Å². The molecule has 3 rings (SSSR count). The van der Waals surface area contributed by atoms with Crippen LogP contribution in [-0.2, 0) is 9.30 Å². The van der Waals surface area contributed by atoms with Gasteiger partial charge in [-0.3, -0.25) is 0 Å². The number of nitrogens with zero attached hydrogens (tertiary/aromatic N) is 2. The minimum Gasteiger partial charge on any atom is -0.398 e. The molecule has 1 fully saturated rings. The predicted molar refractivity (Wildman–Crippen MR) is 90.0 cm³/mol. The summed E-state index contributed by atoms with van der Waals surface area (Å²) in [5.41, 5.74) is 8.60. The van der Waals surface area contributed by atoms with Crippen molar-refractivity contribution in [3.8, 4) is 11.3 Å². The maximum Gasteiger partial charge on any atom is 0.150 e. The molecule has 0 radical (unpaired) electrons. The van der Waals surface area contributed by atoms with Gasteiger partial charge in [0, 0.05) is 29.4 Å². The van der Waals surface area contributed by atoms with Crippen LogP contribution < -0.4 is 11.0 Å². The Bertz CT molecular complexity index is 714. The molecule has 1 aliphatic rings. The average Bonchev–Trinajstić information content (AvgIpc) is 2.96. The number of rotatable bonds is 3. The average molecular weight is 319 g/mol. The molecule has 0 spiro atoms. The molecular formula is C16H22N3O2P. The number of nitrogens with two attached hydrogens (primary N) is 1. The van der Waals surface area contributed by atoms with Crippen LogP contribution in [0.5, 0.6) is 0 Å². The lowest BCUT2D eigenvalue weighted by Crippen LogP contribution is -2.20. The summed E-state index contributed by atoms with van der Waals surface area (Å²) in [5, 5.41) is 5.24. The lowest BCUT2D eigenvalue weighted by Gasteiger charge is -2.25. The largest absolute Gasteiger partial charge is 0.398 e. The van der Waals surface area contributed by atoms with Crippen molar-refractivity contribution in [2.45, 2.75) is 25.5 Å². The molecule has 22 heavy (non-hydrogen) atoms. The number of hydrogen-bond acceptors (Lipinski definition) is 4. The van der Waals surface area contributed by atoms with Gasteiger partial charge in [0.1, 0.15) is 7.14 Å². The monoisotopic (exact) mass is 319 g/mol. The van der Waals surface area contributed by atoms with Gasteiger partial charge in [-0.05, 0) is 56.9 Å². The Morgan fingerprint density at radius 3 is 2.82 bits per heavy atom. The van der Waals surface area contributed by atoms with Gasteiger partial charge in [0.25, 0.3) is 0 Å². The van der Waals surface area contributed by atoms with Gasteiger partial charge in [0.2, 0.25) is 0 Å². The number of aromatic nitrogens is 2. The zero-order valence-electron chi connectivity index (χ0n) is 13.0. The Morgan fingerprint density at radius 2 is 2.14 bits per heavy atom. The standard InChI is InChI=1S/C16H22N3O2P/c1-22(2,20)12-6-7-14(17)13(11-12)15-8-9-18-19(15)16-5-3-4-10-21-16/h6-9,11,16H,3-5,10,17H2,1-2H3. The van der Waals surface area contributed by atoms with E-state index < -0.39 is 7.14 Å². The fourth-order valence-electron chi connectivity index (χ4n) is 2.77. The summed E-state index contributed by atoms with van der Waals surface area (Å²) >= 11 is 0. The van der Waals surface area contributed by atoms with E-state index in [0.29, 0.717) is 5.69 Å². The summed E-state index contributed by atoms with van der Waals surface area (Å²) in [7, 11) is -2.33. The molecule has 1 saturated heterocycles. The highest BCUT2D eigenvalue weighted by Crippen LogP contribution is 2.38. The maximum atomic E-state index is 12.3. The fraction of sp³-hybridized carbons (Fsp3) is 0.438. The summed E-state index contributed by atoms with van der Waals surface area (Å²) in [4.78, 5) is 0. The van der Waals surface area contributed by atoms with Crippen LogP contribution in [0.1, 0.15) is 25.5 Å². The van der Waals surface area contributed by atoms with Crippen LogP contribution in [0.15, 0.2) is 30.5 Å². The molecule has 1 aromatic carbocycles. The van der Waals surface area contributed by atoms with Crippen molar-refractivity contribution < 1.29 is 9.30 Å². The normalized spacial score (nSPS) is 19.3. The quantitative estimate of drug-likeness (QED) is 0.697. The topological polar surface area (TPSA) is 70.1 Å². The highest BCUT2D eigenvalue weighted by Gasteiger charge is 2.21. The Morgan fingerprint density at radius 1 is 1.32 bits per heavy atom. The summed E-state index contributed by atoms with van der Waals surface area (Å²) in [6.45, 7) is 4.30. The second-order valence-corrected chi connectivity index (χ2v) is 9.32. The van der Waals surface area contributed by atoms with E-state index in [0.717, 1.165) is 42.4 Å².